The number of H-pyrrole nitrogens is 1. The Morgan fingerprint density at radius 1 is 1.17 bits per heavy atom. The highest BCUT2D eigenvalue weighted by Crippen LogP contribution is 2.19. The number of aliphatic hydroxyl groups excluding tert-OH is 1. The summed E-state index contributed by atoms with van der Waals surface area (Å²) in [4.78, 5) is 11.4. The predicted octanol–water partition coefficient (Wildman–Crippen LogP) is 3.13. The number of fused-ring (bicyclic) bond motifs is 1. The van der Waals surface area contributed by atoms with E-state index in [0.29, 0.717) is 12.4 Å². The monoisotopic (exact) mass is 333 g/mol. The molecule has 6 nitrogen and oxygen atoms in total. The van der Waals surface area contributed by atoms with Gasteiger partial charge >= 0.3 is 0 Å². The van der Waals surface area contributed by atoms with Crippen molar-refractivity contribution in [3.05, 3.63) is 18.1 Å². The van der Waals surface area contributed by atoms with E-state index < -0.39 is 0 Å². The molecule has 6 heteroatoms. The van der Waals surface area contributed by atoms with Crippen LogP contribution >= 0.6 is 0 Å². The average molecular weight is 333 g/mol. The highest BCUT2D eigenvalue weighted by atomic mass is 16.3. The quantitative estimate of drug-likeness (QED) is 0.447. The van der Waals surface area contributed by atoms with Gasteiger partial charge in [-0.15, -0.1) is 0 Å². The van der Waals surface area contributed by atoms with Crippen LogP contribution in [-0.4, -0.2) is 32.7 Å². The lowest BCUT2D eigenvalue weighted by atomic mass is 10.1. The van der Waals surface area contributed by atoms with Crippen LogP contribution in [0.25, 0.3) is 11.0 Å². The van der Waals surface area contributed by atoms with Crippen molar-refractivity contribution in [2.24, 2.45) is 0 Å². The van der Waals surface area contributed by atoms with Gasteiger partial charge in [0.1, 0.15) is 11.8 Å². The molecule has 0 fully saturated rings. The maximum Gasteiger partial charge on any atom is 0.151 e. The third kappa shape index (κ3) is 5.46. The fourth-order valence-corrected chi connectivity index (χ4v) is 3.01. The van der Waals surface area contributed by atoms with Gasteiger partial charge in [-0.1, -0.05) is 51.9 Å². The van der Waals surface area contributed by atoms with Crippen molar-refractivity contribution in [3.8, 4) is 0 Å². The first-order chi connectivity index (χ1) is 11.8. The Morgan fingerprint density at radius 3 is 2.67 bits per heavy atom. The standard InChI is InChI=1S/C18H31N5O/c1-2-3-4-5-6-7-8-9-15(12-24)20-10-14-11-21-17-16(14)22-13-23-18(17)19/h11,13,15,20-21,24H,2-10,12H2,1H3,(H2,19,22,23). The zero-order chi connectivity index (χ0) is 17.2. The second kappa shape index (κ2) is 10.3. The molecule has 2 rings (SSSR count). The lowest BCUT2D eigenvalue weighted by Crippen LogP contribution is -2.31. The molecule has 1 unspecified atom stereocenters. The van der Waals surface area contributed by atoms with Crippen LogP contribution in [0.2, 0.25) is 0 Å². The summed E-state index contributed by atoms with van der Waals surface area (Å²) in [5.74, 6) is 0.466. The van der Waals surface area contributed by atoms with E-state index in [1.165, 1.54) is 44.9 Å². The maximum absolute atomic E-state index is 9.57. The van der Waals surface area contributed by atoms with E-state index in [1.54, 1.807) is 0 Å². The van der Waals surface area contributed by atoms with Gasteiger partial charge in [0, 0.05) is 24.3 Å². The van der Waals surface area contributed by atoms with Crippen molar-refractivity contribution in [1.29, 1.82) is 0 Å². The fraction of sp³-hybridized carbons (Fsp3) is 0.667. The molecule has 0 spiro atoms. The van der Waals surface area contributed by atoms with E-state index in [1.807, 2.05) is 6.20 Å². The van der Waals surface area contributed by atoms with E-state index in [-0.39, 0.29) is 12.6 Å². The van der Waals surface area contributed by atoms with Gasteiger partial charge < -0.3 is 21.1 Å². The van der Waals surface area contributed by atoms with Crippen LogP contribution in [0.1, 0.15) is 63.9 Å². The average Bonchev–Trinajstić information content (AvgIpc) is 3.01. The molecule has 0 aliphatic rings. The van der Waals surface area contributed by atoms with E-state index in [2.05, 4.69) is 27.2 Å². The number of nitrogens with two attached hydrogens (primary N) is 1. The molecule has 24 heavy (non-hydrogen) atoms. The fourth-order valence-electron chi connectivity index (χ4n) is 3.01. The Bertz CT molecular complexity index is 598. The van der Waals surface area contributed by atoms with Crippen LogP contribution < -0.4 is 11.1 Å². The number of hydrogen-bond donors (Lipinski definition) is 4. The number of nitrogens with zero attached hydrogens (tertiary/aromatic N) is 2. The van der Waals surface area contributed by atoms with Gasteiger partial charge in [-0.05, 0) is 6.42 Å². The Kier molecular flexibility index (Phi) is 7.98. The molecule has 0 saturated carbocycles. The van der Waals surface area contributed by atoms with Crippen LogP contribution in [0.3, 0.4) is 0 Å². The van der Waals surface area contributed by atoms with Gasteiger partial charge in [-0.25, -0.2) is 9.97 Å². The molecule has 0 saturated heterocycles. The smallest absolute Gasteiger partial charge is 0.151 e. The Morgan fingerprint density at radius 2 is 1.92 bits per heavy atom. The zero-order valence-corrected chi connectivity index (χ0v) is 14.7. The second-order valence-electron chi connectivity index (χ2n) is 6.47. The molecule has 0 aliphatic heterocycles. The number of rotatable bonds is 12. The van der Waals surface area contributed by atoms with Crippen LogP contribution in [0.4, 0.5) is 5.82 Å². The predicted molar refractivity (Wildman–Crippen MR) is 98.6 cm³/mol. The summed E-state index contributed by atoms with van der Waals surface area (Å²) in [6.45, 7) is 3.07. The summed E-state index contributed by atoms with van der Waals surface area (Å²) in [5.41, 5.74) is 8.52. The number of nitrogens with one attached hydrogen (secondary N) is 2. The molecule has 134 valence electrons. The van der Waals surface area contributed by atoms with Gasteiger partial charge in [-0.3, -0.25) is 0 Å². The number of anilines is 1. The molecule has 5 N–H and O–H groups in total. The first-order valence-electron chi connectivity index (χ1n) is 9.17. The van der Waals surface area contributed by atoms with Crippen LogP contribution in [0, 0.1) is 0 Å². The second-order valence-corrected chi connectivity index (χ2v) is 6.47. The summed E-state index contributed by atoms with van der Waals surface area (Å²) in [6.07, 6.45) is 13.4. The van der Waals surface area contributed by atoms with E-state index in [9.17, 15) is 5.11 Å². The lowest BCUT2D eigenvalue weighted by molar-refractivity contribution is 0.232. The van der Waals surface area contributed by atoms with E-state index in [0.717, 1.165) is 29.4 Å². The Hall–Kier alpha value is -1.66. The Balaban J connectivity index is 1.72. The van der Waals surface area contributed by atoms with Crippen LogP contribution in [0.5, 0.6) is 0 Å². The Labute approximate surface area is 144 Å². The van der Waals surface area contributed by atoms with Gasteiger partial charge in [0.15, 0.2) is 5.82 Å². The highest BCUT2D eigenvalue weighted by molar-refractivity contribution is 5.86. The van der Waals surface area contributed by atoms with E-state index >= 15 is 0 Å². The molecule has 0 aliphatic carbocycles. The van der Waals surface area contributed by atoms with Crippen molar-refractivity contribution in [1.82, 2.24) is 20.3 Å². The van der Waals surface area contributed by atoms with Gasteiger partial charge in [0.2, 0.25) is 0 Å². The molecule has 0 aromatic carbocycles. The number of aliphatic hydroxyl groups is 1. The number of unbranched alkanes of at least 4 members (excludes halogenated alkanes) is 6. The molecular weight excluding hydrogens is 302 g/mol. The maximum atomic E-state index is 9.57. The van der Waals surface area contributed by atoms with Crippen molar-refractivity contribution < 1.29 is 5.11 Å². The highest BCUT2D eigenvalue weighted by Gasteiger charge is 2.11. The van der Waals surface area contributed by atoms with Gasteiger partial charge in [-0.2, -0.15) is 0 Å². The van der Waals surface area contributed by atoms with E-state index in [4.69, 9.17) is 5.73 Å². The summed E-state index contributed by atoms with van der Waals surface area (Å²) in [5, 5.41) is 13.0. The van der Waals surface area contributed by atoms with Crippen molar-refractivity contribution in [2.45, 2.75) is 70.9 Å². The third-order valence-corrected chi connectivity index (χ3v) is 4.53. The van der Waals surface area contributed by atoms with Crippen LogP contribution in [-0.2, 0) is 6.54 Å². The van der Waals surface area contributed by atoms with Crippen molar-refractivity contribution in [2.75, 3.05) is 12.3 Å². The van der Waals surface area contributed by atoms with Gasteiger partial charge in [0.05, 0.1) is 12.1 Å². The number of aromatic amines is 1. The minimum absolute atomic E-state index is 0.129. The molecule has 2 heterocycles. The number of nitrogen functional groups attached to an aromatic ring is 1. The summed E-state index contributed by atoms with van der Waals surface area (Å²) >= 11 is 0. The first kappa shape index (κ1) is 18.7. The molecule has 0 radical (unpaired) electrons. The number of hydrogen-bond acceptors (Lipinski definition) is 5. The van der Waals surface area contributed by atoms with Gasteiger partial charge in [0.25, 0.3) is 0 Å². The largest absolute Gasteiger partial charge is 0.395 e. The normalized spacial score (nSPS) is 12.8. The van der Waals surface area contributed by atoms with Crippen LogP contribution in [0.15, 0.2) is 12.5 Å². The summed E-state index contributed by atoms with van der Waals surface area (Å²) < 4.78 is 0. The molecule has 0 bridgehead atoms. The lowest BCUT2D eigenvalue weighted by Gasteiger charge is -2.15. The summed E-state index contributed by atoms with van der Waals surface area (Å²) in [6, 6.07) is 0.129. The minimum atomic E-state index is 0.129. The molecule has 1 atom stereocenters. The minimum Gasteiger partial charge on any atom is -0.395 e. The molecular formula is C18H31N5O. The molecule has 2 aromatic heterocycles. The molecule has 2 aromatic rings. The zero-order valence-electron chi connectivity index (χ0n) is 14.7. The third-order valence-electron chi connectivity index (χ3n) is 4.53. The number of aromatic nitrogens is 3. The SMILES string of the molecule is CCCCCCCCCC(CO)NCc1c[nH]c2c(N)ncnc12. The summed E-state index contributed by atoms with van der Waals surface area (Å²) in [7, 11) is 0. The first-order valence-corrected chi connectivity index (χ1v) is 9.17. The molecule has 0 amide bonds. The van der Waals surface area contributed by atoms with Crippen molar-refractivity contribution >= 4 is 16.9 Å². The topological polar surface area (TPSA) is 99.8 Å². The van der Waals surface area contributed by atoms with Crippen molar-refractivity contribution in [3.63, 3.8) is 0 Å².